The number of halogens is 1. The average Bonchev–Trinajstić information content (AvgIpc) is 2.88. The Bertz CT molecular complexity index is 439. The Morgan fingerprint density at radius 3 is 2.63 bits per heavy atom. The second-order valence-electron chi connectivity index (χ2n) is 4.87. The first kappa shape index (κ1) is 14.6. The van der Waals surface area contributed by atoms with Crippen LogP contribution in [0.3, 0.4) is 0 Å². The number of benzene rings is 1. The summed E-state index contributed by atoms with van der Waals surface area (Å²) in [5, 5.41) is 9.19. The van der Waals surface area contributed by atoms with Gasteiger partial charge in [0, 0.05) is 25.3 Å². The highest BCUT2D eigenvalue weighted by molar-refractivity contribution is 9.10. The number of likely N-dealkylation sites (tertiary alicyclic amines) is 1. The van der Waals surface area contributed by atoms with Crippen molar-refractivity contribution in [2.24, 2.45) is 5.92 Å². The summed E-state index contributed by atoms with van der Waals surface area (Å²) in [7, 11) is 3.34. The SMILES string of the molecule is COc1cc(CN2CCC(CO)C2)c(OC)cc1Br. The molecule has 19 heavy (non-hydrogen) atoms. The highest BCUT2D eigenvalue weighted by Gasteiger charge is 2.23. The third-order valence-electron chi connectivity index (χ3n) is 3.58. The molecule has 1 unspecified atom stereocenters. The fraction of sp³-hybridized carbons (Fsp3) is 0.571. The number of aliphatic hydroxyl groups excluding tert-OH is 1. The van der Waals surface area contributed by atoms with Crippen LogP contribution < -0.4 is 9.47 Å². The molecule has 0 aromatic heterocycles. The molecule has 1 aliphatic rings. The third kappa shape index (κ3) is 3.41. The van der Waals surface area contributed by atoms with E-state index < -0.39 is 0 Å². The van der Waals surface area contributed by atoms with E-state index in [0.29, 0.717) is 5.92 Å². The Kier molecular flexibility index (Phi) is 5.07. The van der Waals surface area contributed by atoms with Crippen molar-refractivity contribution in [1.29, 1.82) is 0 Å². The molecule has 1 N–H and O–H groups in total. The Morgan fingerprint density at radius 2 is 2.05 bits per heavy atom. The Labute approximate surface area is 122 Å². The molecule has 0 aliphatic carbocycles. The maximum absolute atomic E-state index is 9.19. The lowest BCUT2D eigenvalue weighted by Gasteiger charge is -2.19. The van der Waals surface area contributed by atoms with Crippen molar-refractivity contribution in [2.45, 2.75) is 13.0 Å². The van der Waals surface area contributed by atoms with Gasteiger partial charge in [0.2, 0.25) is 0 Å². The zero-order valence-corrected chi connectivity index (χ0v) is 12.9. The maximum Gasteiger partial charge on any atom is 0.133 e. The van der Waals surface area contributed by atoms with Gasteiger partial charge in [0.05, 0.1) is 18.7 Å². The summed E-state index contributed by atoms with van der Waals surface area (Å²) >= 11 is 3.46. The van der Waals surface area contributed by atoms with Crippen molar-refractivity contribution < 1.29 is 14.6 Å². The van der Waals surface area contributed by atoms with Gasteiger partial charge in [0.1, 0.15) is 11.5 Å². The van der Waals surface area contributed by atoms with Crippen molar-refractivity contribution in [3.05, 3.63) is 22.2 Å². The van der Waals surface area contributed by atoms with Crippen LogP contribution in [0, 0.1) is 5.92 Å². The molecule has 1 saturated heterocycles. The van der Waals surface area contributed by atoms with Crippen molar-refractivity contribution in [1.82, 2.24) is 4.90 Å². The molecule has 5 heteroatoms. The minimum atomic E-state index is 0.275. The fourth-order valence-corrected chi connectivity index (χ4v) is 2.98. The summed E-state index contributed by atoms with van der Waals surface area (Å²) in [6.45, 7) is 3.06. The van der Waals surface area contributed by atoms with E-state index in [9.17, 15) is 5.11 Å². The van der Waals surface area contributed by atoms with Crippen molar-refractivity contribution in [3.63, 3.8) is 0 Å². The van der Waals surface area contributed by atoms with Crippen molar-refractivity contribution in [2.75, 3.05) is 33.9 Å². The van der Waals surface area contributed by atoms with Crippen LogP contribution in [-0.4, -0.2) is 43.9 Å². The molecular formula is C14H20BrNO3. The van der Waals surface area contributed by atoms with E-state index in [1.165, 1.54) is 0 Å². The van der Waals surface area contributed by atoms with Gasteiger partial charge in [-0.1, -0.05) is 0 Å². The minimum absolute atomic E-state index is 0.275. The first-order valence-corrected chi connectivity index (χ1v) is 7.20. The Hall–Kier alpha value is -0.780. The van der Waals surface area contributed by atoms with Crippen LogP contribution in [0.5, 0.6) is 11.5 Å². The second-order valence-corrected chi connectivity index (χ2v) is 5.73. The fourth-order valence-electron chi connectivity index (χ4n) is 2.49. The van der Waals surface area contributed by atoms with Crippen LogP contribution in [0.25, 0.3) is 0 Å². The molecule has 0 spiro atoms. The predicted octanol–water partition coefficient (Wildman–Crippen LogP) is 2.28. The van der Waals surface area contributed by atoms with Crippen molar-refractivity contribution in [3.8, 4) is 11.5 Å². The summed E-state index contributed by atoms with van der Waals surface area (Å²) in [4.78, 5) is 2.34. The number of hydrogen-bond donors (Lipinski definition) is 1. The van der Waals surface area contributed by atoms with Gasteiger partial charge in [-0.15, -0.1) is 0 Å². The molecule has 1 heterocycles. The molecular weight excluding hydrogens is 310 g/mol. The topological polar surface area (TPSA) is 41.9 Å². The van der Waals surface area contributed by atoms with Gasteiger partial charge in [0.25, 0.3) is 0 Å². The van der Waals surface area contributed by atoms with Crippen LogP contribution in [0.1, 0.15) is 12.0 Å². The van der Waals surface area contributed by atoms with E-state index in [-0.39, 0.29) is 6.61 Å². The van der Waals surface area contributed by atoms with E-state index in [1.807, 2.05) is 12.1 Å². The molecule has 0 amide bonds. The monoisotopic (exact) mass is 329 g/mol. The largest absolute Gasteiger partial charge is 0.496 e. The highest BCUT2D eigenvalue weighted by Crippen LogP contribution is 2.34. The number of methoxy groups -OCH3 is 2. The van der Waals surface area contributed by atoms with E-state index in [4.69, 9.17) is 9.47 Å². The molecule has 1 fully saturated rings. The van der Waals surface area contributed by atoms with Gasteiger partial charge in [-0.05, 0) is 46.9 Å². The molecule has 2 rings (SSSR count). The Balaban J connectivity index is 2.14. The molecule has 1 aliphatic heterocycles. The lowest BCUT2D eigenvalue weighted by Crippen LogP contribution is -2.21. The molecule has 1 aromatic carbocycles. The van der Waals surface area contributed by atoms with E-state index in [0.717, 1.165) is 47.6 Å². The number of ether oxygens (including phenoxy) is 2. The van der Waals surface area contributed by atoms with Gasteiger partial charge < -0.3 is 14.6 Å². The smallest absolute Gasteiger partial charge is 0.133 e. The lowest BCUT2D eigenvalue weighted by molar-refractivity contribution is 0.219. The number of aliphatic hydroxyl groups is 1. The summed E-state index contributed by atoms with van der Waals surface area (Å²) < 4.78 is 11.7. The predicted molar refractivity (Wildman–Crippen MR) is 77.7 cm³/mol. The minimum Gasteiger partial charge on any atom is -0.496 e. The van der Waals surface area contributed by atoms with Crippen LogP contribution >= 0.6 is 15.9 Å². The van der Waals surface area contributed by atoms with Crippen molar-refractivity contribution >= 4 is 15.9 Å². The summed E-state index contributed by atoms with van der Waals surface area (Å²) in [6, 6.07) is 3.95. The Morgan fingerprint density at radius 1 is 1.32 bits per heavy atom. The average molecular weight is 330 g/mol. The van der Waals surface area contributed by atoms with Crippen LogP contribution in [0.15, 0.2) is 16.6 Å². The van der Waals surface area contributed by atoms with Crippen LogP contribution in [0.4, 0.5) is 0 Å². The molecule has 0 saturated carbocycles. The van der Waals surface area contributed by atoms with Crippen LogP contribution in [-0.2, 0) is 6.54 Å². The molecule has 1 aromatic rings. The first-order chi connectivity index (χ1) is 9.17. The lowest BCUT2D eigenvalue weighted by atomic mass is 10.1. The number of rotatable bonds is 5. The summed E-state index contributed by atoms with van der Waals surface area (Å²) in [6.07, 6.45) is 1.06. The highest BCUT2D eigenvalue weighted by atomic mass is 79.9. The molecule has 0 radical (unpaired) electrons. The summed E-state index contributed by atoms with van der Waals surface area (Å²) in [5.41, 5.74) is 1.11. The van der Waals surface area contributed by atoms with Gasteiger partial charge in [-0.3, -0.25) is 4.90 Å². The summed E-state index contributed by atoms with van der Waals surface area (Å²) in [5.74, 6) is 2.08. The van der Waals surface area contributed by atoms with E-state index in [2.05, 4.69) is 20.8 Å². The van der Waals surface area contributed by atoms with Crippen LogP contribution in [0.2, 0.25) is 0 Å². The molecule has 0 bridgehead atoms. The molecule has 4 nitrogen and oxygen atoms in total. The van der Waals surface area contributed by atoms with Gasteiger partial charge in [-0.25, -0.2) is 0 Å². The number of hydrogen-bond acceptors (Lipinski definition) is 4. The standard InChI is InChI=1S/C14H20BrNO3/c1-18-13-6-12(15)14(19-2)5-11(13)8-16-4-3-10(7-16)9-17/h5-6,10,17H,3-4,7-9H2,1-2H3. The van der Waals surface area contributed by atoms with Gasteiger partial charge in [0.15, 0.2) is 0 Å². The van der Waals surface area contributed by atoms with Gasteiger partial charge in [-0.2, -0.15) is 0 Å². The zero-order chi connectivity index (χ0) is 13.8. The molecule has 106 valence electrons. The van der Waals surface area contributed by atoms with Gasteiger partial charge >= 0.3 is 0 Å². The van der Waals surface area contributed by atoms with E-state index >= 15 is 0 Å². The quantitative estimate of drug-likeness (QED) is 0.899. The second kappa shape index (κ2) is 6.59. The maximum atomic E-state index is 9.19. The first-order valence-electron chi connectivity index (χ1n) is 6.41. The number of nitrogens with zero attached hydrogens (tertiary/aromatic N) is 1. The molecule has 1 atom stereocenters. The zero-order valence-electron chi connectivity index (χ0n) is 11.4. The third-order valence-corrected chi connectivity index (χ3v) is 4.20. The normalized spacial score (nSPS) is 19.7. The van der Waals surface area contributed by atoms with E-state index in [1.54, 1.807) is 14.2 Å².